The molecule has 1 aliphatic carbocycles. The van der Waals surface area contributed by atoms with Gasteiger partial charge in [0.2, 0.25) is 0 Å². The molecule has 0 bridgehead atoms. The van der Waals surface area contributed by atoms with Crippen molar-refractivity contribution < 1.29 is 4.43 Å². The van der Waals surface area contributed by atoms with Crippen molar-refractivity contribution in [2.45, 2.75) is 83.7 Å². The average molecular weight is 412 g/mol. The fourth-order valence-electron chi connectivity index (χ4n) is 3.94. The summed E-state index contributed by atoms with van der Waals surface area (Å²) in [7, 11) is -1.69. The van der Waals surface area contributed by atoms with Crippen LogP contribution in [-0.2, 0) is 4.43 Å². The Balaban J connectivity index is 1.44. The van der Waals surface area contributed by atoms with Gasteiger partial charge in [0.05, 0.1) is 17.9 Å². The maximum atomic E-state index is 6.64. The molecule has 3 aromatic heterocycles. The van der Waals surface area contributed by atoms with Crippen molar-refractivity contribution in [1.29, 1.82) is 0 Å². The van der Waals surface area contributed by atoms with Crippen molar-refractivity contribution in [3.8, 4) is 11.1 Å². The molecule has 4 rings (SSSR count). The molecule has 0 radical (unpaired) electrons. The first-order chi connectivity index (χ1) is 13.6. The quantitative estimate of drug-likeness (QED) is 0.539. The van der Waals surface area contributed by atoms with Gasteiger partial charge >= 0.3 is 0 Å². The highest BCUT2D eigenvalue weighted by atomic mass is 28.4. The molecule has 156 valence electrons. The normalized spacial score (nSPS) is 21.0. The first-order valence-corrected chi connectivity index (χ1v) is 13.6. The van der Waals surface area contributed by atoms with Gasteiger partial charge in [-0.3, -0.25) is 4.68 Å². The van der Waals surface area contributed by atoms with Crippen LogP contribution in [0.2, 0.25) is 18.1 Å². The Bertz CT molecular complexity index is 992. The number of aryl methyl sites for hydroxylation is 1. The highest BCUT2D eigenvalue weighted by molar-refractivity contribution is 6.74. The molecule has 7 heteroatoms. The molecule has 6 nitrogen and oxygen atoms in total. The first-order valence-electron chi connectivity index (χ1n) is 10.7. The van der Waals surface area contributed by atoms with Crippen LogP contribution in [0.3, 0.4) is 0 Å². The molecule has 0 unspecified atom stereocenters. The summed E-state index contributed by atoms with van der Waals surface area (Å²) in [5.74, 6) is 0. The van der Waals surface area contributed by atoms with E-state index in [0.717, 1.165) is 48.2 Å². The monoisotopic (exact) mass is 411 g/mol. The molecule has 0 atom stereocenters. The Morgan fingerprint density at radius 3 is 2.55 bits per heavy atom. The Labute approximate surface area is 174 Å². The van der Waals surface area contributed by atoms with E-state index < -0.39 is 8.32 Å². The minimum absolute atomic E-state index is 0.266. The summed E-state index contributed by atoms with van der Waals surface area (Å²) in [4.78, 5) is 4.36. The van der Waals surface area contributed by atoms with Crippen LogP contribution in [-0.4, -0.2) is 38.8 Å². The van der Waals surface area contributed by atoms with Crippen molar-refractivity contribution in [2.75, 3.05) is 0 Å². The van der Waals surface area contributed by atoms with E-state index in [0.29, 0.717) is 12.1 Å². The fraction of sp³-hybridized carbons (Fsp3) is 0.591. The van der Waals surface area contributed by atoms with Crippen LogP contribution in [0.25, 0.3) is 16.8 Å². The van der Waals surface area contributed by atoms with Gasteiger partial charge in [-0.1, -0.05) is 20.8 Å². The van der Waals surface area contributed by atoms with Gasteiger partial charge in [0.1, 0.15) is 0 Å². The molecule has 3 heterocycles. The van der Waals surface area contributed by atoms with Crippen molar-refractivity contribution >= 4 is 14.0 Å². The lowest BCUT2D eigenvalue weighted by molar-refractivity contribution is 0.115. The molecule has 3 aromatic rings. The van der Waals surface area contributed by atoms with Crippen molar-refractivity contribution in [3.05, 3.63) is 36.5 Å². The van der Waals surface area contributed by atoms with Crippen molar-refractivity contribution in [1.82, 2.24) is 24.4 Å². The Hall–Kier alpha value is -1.99. The fourth-order valence-corrected chi connectivity index (χ4v) is 5.36. The molecule has 0 spiro atoms. The summed E-state index contributed by atoms with van der Waals surface area (Å²) in [5, 5.41) is 9.56. The second-order valence-corrected chi connectivity index (χ2v) is 14.6. The van der Waals surface area contributed by atoms with Gasteiger partial charge < -0.3 is 4.43 Å². The third-order valence-corrected chi connectivity index (χ3v) is 11.3. The Morgan fingerprint density at radius 1 is 1.14 bits per heavy atom. The van der Waals surface area contributed by atoms with Gasteiger partial charge in [-0.05, 0) is 56.8 Å². The lowest BCUT2D eigenvalue weighted by Gasteiger charge is -2.41. The highest BCUT2D eigenvalue weighted by Gasteiger charge is 2.40. The minimum atomic E-state index is -1.69. The molecule has 0 saturated heterocycles. The average Bonchev–Trinajstić information content (AvgIpc) is 3.29. The maximum absolute atomic E-state index is 6.64. The Morgan fingerprint density at radius 2 is 1.86 bits per heavy atom. The second kappa shape index (κ2) is 7.36. The molecule has 0 aliphatic heterocycles. The van der Waals surface area contributed by atoms with Gasteiger partial charge in [0, 0.05) is 35.8 Å². The molecule has 0 aromatic carbocycles. The number of hydrogen-bond donors (Lipinski definition) is 0. The van der Waals surface area contributed by atoms with Crippen LogP contribution in [0.1, 0.15) is 58.2 Å². The van der Waals surface area contributed by atoms with E-state index in [-0.39, 0.29) is 5.04 Å². The summed E-state index contributed by atoms with van der Waals surface area (Å²) in [5.41, 5.74) is 4.06. The summed E-state index contributed by atoms with van der Waals surface area (Å²) in [6.45, 7) is 13.7. The highest BCUT2D eigenvalue weighted by Crippen LogP contribution is 2.40. The lowest BCUT2D eigenvalue weighted by Crippen LogP contribution is -2.44. The molecular formula is C22H33N5OSi. The van der Waals surface area contributed by atoms with Crippen LogP contribution < -0.4 is 0 Å². The molecule has 1 fully saturated rings. The van der Waals surface area contributed by atoms with Crippen LogP contribution >= 0.6 is 0 Å². The summed E-state index contributed by atoms with van der Waals surface area (Å²) in [6, 6.07) is 2.54. The summed E-state index contributed by atoms with van der Waals surface area (Å²) < 4.78 is 10.6. The van der Waals surface area contributed by atoms with E-state index in [2.05, 4.69) is 60.9 Å². The topological polar surface area (TPSA) is 57.2 Å². The summed E-state index contributed by atoms with van der Waals surface area (Å²) >= 11 is 0. The molecule has 0 N–H and O–H groups in total. The minimum Gasteiger partial charge on any atom is -0.414 e. The van der Waals surface area contributed by atoms with Crippen molar-refractivity contribution in [2.24, 2.45) is 0 Å². The van der Waals surface area contributed by atoms with E-state index in [1.54, 1.807) is 6.20 Å². The molecule has 29 heavy (non-hydrogen) atoms. The predicted molar refractivity (Wildman–Crippen MR) is 119 cm³/mol. The number of imidazole rings is 1. The number of nitrogens with zero attached hydrogens (tertiary/aromatic N) is 5. The predicted octanol–water partition coefficient (Wildman–Crippen LogP) is 5.41. The van der Waals surface area contributed by atoms with Crippen molar-refractivity contribution in [3.63, 3.8) is 0 Å². The standard InChI is InChI=1S/C22H33N5OSi/c1-16-20(13-21-23-11-12-26(21)25-16)17-14-24-27(15-17)18-7-9-19(10-8-18)28-29(5,6)22(2,3)4/h11-15,18-19H,7-10H2,1-6H3/t18-,19-. The zero-order valence-electron chi connectivity index (χ0n) is 18.5. The van der Waals surface area contributed by atoms with Crippen LogP contribution in [0.4, 0.5) is 0 Å². The van der Waals surface area contributed by atoms with E-state index in [1.807, 2.05) is 23.8 Å². The van der Waals surface area contributed by atoms with Gasteiger partial charge in [-0.2, -0.15) is 10.2 Å². The van der Waals surface area contributed by atoms with Gasteiger partial charge in [-0.15, -0.1) is 0 Å². The SMILES string of the molecule is Cc1nn2ccnc2cc1-c1cnn([C@H]2CC[C@H](O[Si](C)(C)C(C)(C)C)CC2)c1. The number of rotatable bonds is 4. The zero-order chi connectivity index (χ0) is 20.8. The number of fused-ring (bicyclic) bond motifs is 1. The first kappa shape index (κ1) is 20.3. The van der Waals surface area contributed by atoms with E-state index >= 15 is 0 Å². The van der Waals surface area contributed by atoms with Crippen LogP contribution in [0.5, 0.6) is 0 Å². The lowest BCUT2D eigenvalue weighted by atomic mass is 9.93. The third kappa shape index (κ3) is 4.03. The van der Waals surface area contributed by atoms with Crippen LogP contribution in [0.15, 0.2) is 30.9 Å². The number of hydrogen-bond acceptors (Lipinski definition) is 4. The zero-order valence-corrected chi connectivity index (χ0v) is 19.5. The van der Waals surface area contributed by atoms with Gasteiger partial charge in [0.15, 0.2) is 14.0 Å². The second-order valence-electron chi connectivity index (χ2n) is 9.89. The smallest absolute Gasteiger partial charge is 0.192 e. The summed E-state index contributed by atoms with van der Waals surface area (Å²) in [6.07, 6.45) is 12.7. The molecule has 0 amide bonds. The third-order valence-electron chi connectivity index (χ3n) is 6.77. The molecule has 1 saturated carbocycles. The Kier molecular flexibility index (Phi) is 5.15. The molecule has 1 aliphatic rings. The van der Waals surface area contributed by atoms with Crippen LogP contribution in [0, 0.1) is 6.92 Å². The van der Waals surface area contributed by atoms with E-state index in [9.17, 15) is 0 Å². The van der Waals surface area contributed by atoms with E-state index in [1.165, 1.54) is 0 Å². The number of aromatic nitrogens is 5. The van der Waals surface area contributed by atoms with Gasteiger partial charge in [-0.25, -0.2) is 9.50 Å². The van der Waals surface area contributed by atoms with Gasteiger partial charge in [0.25, 0.3) is 0 Å². The molecular weight excluding hydrogens is 378 g/mol. The maximum Gasteiger partial charge on any atom is 0.192 e. The largest absolute Gasteiger partial charge is 0.414 e. The van der Waals surface area contributed by atoms with E-state index in [4.69, 9.17) is 9.52 Å².